The van der Waals surface area contributed by atoms with E-state index in [-0.39, 0.29) is 5.91 Å². The van der Waals surface area contributed by atoms with E-state index in [4.69, 9.17) is 9.72 Å². The molecule has 1 amide bonds. The summed E-state index contributed by atoms with van der Waals surface area (Å²) >= 11 is 0. The molecule has 6 rings (SSSR count). The quantitative estimate of drug-likeness (QED) is 0.569. The van der Waals surface area contributed by atoms with Gasteiger partial charge in [0.2, 0.25) is 0 Å². The Morgan fingerprint density at radius 2 is 2.21 bits per heavy atom. The topological polar surface area (TPSA) is 117 Å². The first kappa shape index (κ1) is 20.8. The Morgan fingerprint density at radius 1 is 1.29 bits per heavy atom. The Morgan fingerprint density at radius 3 is 2.97 bits per heavy atom. The molecule has 176 valence electrons. The van der Waals surface area contributed by atoms with Crippen LogP contribution in [0, 0.1) is 0 Å². The summed E-state index contributed by atoms with van der Waals surface area (Å²) in [4.78, 5) is 22.4. The van der Waals surface area contributed by atoms with Gasteiger partial charge in [-0.2, -0.15) is 10.2 Å². The number of aromatic nitrogens is 5. The van der Waals surface area contributed by atoms with E-state index in [1.54, 1.807) is 17.8 Å². The monoisotopic (exact) mass is 462 g/mol. The van der Waals surface area contributed by atoms with Crippen LogP contribution in [0.2, 0.25) is 0 Å². The zero-order valence-electron chi connectivity index (χ0n) is 18.9. The van der Waals surface area contributed by atoms with Crippen LogP contribution in [0.5, 0.6) is 5.88 Å². The van der Waals surface area contributed by atoms with Crippen molar-refractivity contribution in [1.82, 2.24) is 39.9 Å². The van der Waals surface area contributed by atoms with E-state index in [1.807, 2.05) is 29.4 Å². The highest BCUT2D eigenvalue weighted by Crippen LogP contribution is 2.34. The van der Waals surface area contributed by atoms with Crippen LogP contribution in [-0.2, 0) is 0 Å². The molecule has 1 saturated heterocycles. The summed E-state index contributed by atoms with van der Waals surface area (Å²) in [6.07, 6.45) is 13.4. The number of nitrogens with one attached hydrogen (secondary N) is 2. The predicted octanol–water partition coefficient (Wildman–Crippen LogP) is 1.72. The highest BCUT2D eigenvalue weighted by atomic mass is 16.5. The van der Waals surface area contributed by atoms with Crippen LogP contribution in [0.1, 0.15) is 47.8 Å². The van der Waals surface area contributed by atoms with Gasteiger partial charge in [0.25, 0.3) is 11.8 Å². The second-order valence-electron chi connectivity index (χ2n) is 8.54. The molecule has 0 unspecified atom stereocenters. The van der Waals surface area contributed by atoms with Gasteiger partial charge in [0.1, 0.15) is 16.9 Å². The number of carbonyl (C=O) groups is 1. The van der Waals surface area contributed by atoms with Gasteiger partial charge < -0.3 is 10.1 Å². The van der Waals surface area contributed by atoms with Crippen molar-refractivity contribution in [3.8, 4) is 5.88 Å². The third-order valence-electron chi connectivity index (χ3n) is 6.39. The number of methoxy groups -OCH3 is 1. The lowest BCUT2D eigenvalue weighted by molar-refractivity contribution is 0.0155. The second kappa shape index (κ2) is 8.54. The molecule has 12 nitrogen and oxygen atoms in total. The van der Waals surface area contributed by atoms with Crippen molar-refractivity contribution in [1.29, 1.82) is 0 Å². The number of ether oxygens (including phenoxy) is 1. The van der Waals surface area contributed by atoms with Gasteiger partial charge in [0.05, 0.1) is 37.8 Å². The van der Waals surface area contributed by atoms with Gasteiger partial charge in [-0.05, 0) is 31.7 Å². The molecular weight excluding hydrogens is 436 g/mol. The van der Waals surface area contributed by atoms with Crippen molar-refractivity contribution in [3.05, 3.63) is 42.1 Å². The van der Waals surface area contributed by atoms with Crippen LogP contribution in [0.3, 0.4) is 0 Å². The van der Waals surface area contributed by atoms with Crippen molar-refractivity contribution in [2.75, 3.05) is 32.1 Å². The average Bonchev–Trinajstić information content (AvgIpc) is 3.57. The molecule has 1 aliphatic carbocycles. The Hall–Kier alpha value is -3.77. The van der Waals surface area contributed by atoms with E-state index in [9.17, 15) is 4.79 Å². The lowest BCUT2D eigenvalue weighted by Crippen LogP contribution is -2.45. The average molecular weight is 463 g/mol. The molecule has 2 N–H and O–H groups in total. The van der Waals surface area contributed by atoms with Crippen LogP contribution in [0.25, 0.3) is 11.3 Å². The molecule has 34 heavy (non-hydrogen) atoms. The van der Waals surface area contributed by atoms with Gasteiger partial charge in [-0.15, -0.1) is 5.10 Å². The van der Waals surface area contributed by atoms with Crippen LogP contribution in [-0.4, -0.2) is 73.4 Å². The number of amides is 1. The molecular formula is C22H26N10O2. The fraction of sp³-hybridized carbons (Fsp3) is 0.409. The van der Waals surface area contributed by atoms with E-state index >= 15 is 0 Å². The maximum Gasteiger partial charge on any atom is 0.261 e. The van der Waals surface area contributed by atoms with Gasteiger partial charge >= 0.3 is 0 Å². The maximum absolute atomic E-state index is 13.2. The first-order valence-corrected chi connectivity index (χ1v) is 11.5. The van der Waals surface area contributed by atoms with E-state index in [0.717, 1.165) is 38.0 Å². The summed E-state index contributed by atoms with van der Waals surface area (Å²) in [7, 11) is 1.55. The highest BCUT2D eigenvalue weighted by molar-refractivity contribution is 6.08. The number of aliphatic imine (C=N–C) groups is 1. The smallest absolute Gasteiger partial charge is 0.261 e. The van der Waals surface area contributed by atoms with E-state index in [1.165, 1.54) is 12.6 Å². The van der Waals surface area contributed by atoms with Crippen molar-refractivity contribution in [2.45, 2.75) is 31.7 Å². The number of hydrogen-bond acceptors (Lipinski definition) is 9. The normalized spacial score (nSPS) is 18.9. The Kier molecular flexibility index (Phi) is 5.23. The summed E-state index contributed by atoms with van der Waals surface area (Å²) in [5.41, 5.74) is 6.07. The maximum atomic E-state index is 13.2. The second-order valence-corrected chi connectivity index (χ2v) is 8.54. The molecule has 1 saturated carbocycles. The predicted molar refractivity (Wildman–Crippen MR) is 125 cm³/mol. The molecule has 2 aliphatic heterocycles. The van der Waals surface area contributed by atoms with Crippen LogP contribution in [0.15, 0.2) is 35.8 Å². The fourth-order valence-electron chi connectivity index (χ4n) is 4.30. The van der Waals surface area contributed by atoms with Gasteiger partial charge in [0, 0.05) is 31.7 Å². The number of hydrogen-bond donors (Lipinski definition) is 2. The van der Waals surface area contributed by atoms with Gasteiger partial charge in [0.15, 0.2) is 5.65 Å². The molecule has 12 heteroatoms. The zero-order chi connectivity index (χ0) is 23.1. The molecule has 5 heterocycles. The third kappa shape index (κ3) is 3.70. The number of hydrazine groups is 2. The van der Waals surface area contributed by atoms with Crippen molar-refractivity contribution >= 4 is 29.2 Å². The molecule has 3 aromatic heterocycles. The Labute approximate surface area is 195 Å². The van der Waals surface area contributed by atoms with Crippen molar-refractivity contribution < 1.29 is 9.53 Å². The molecule has 3 aliphatic rings. The first-order valence-electron chi connectivity index (χ1n) is 11.5. The first-order chi connectivity index (χ1) is 16.7. The summed E-state index contributed by atoms with van der Waals surface area (Å²) in [6.45, 7) is 2.59. The lowest BCUT2D eigenvalue weighted by atomic mass is 9.93. The summed E-state index contributed by atoms with van der Waals surface area (Å²) in [5.74, 6) is 0.0674. The van der Waals surface area contributed by atoms with Gasteiger partial charge in [-0.3, -0.25) is 19.5 Å². The largest absolute Gasteiger partial charge is 0.478 e. The zero-order valence-corrected chi connectivity index (χ0v) is 18.9. The fourth-order valence-corrected chi connectivity index (χ4v) is 4.30. The molecule has 0 bridgehead atoms. The SMILES string of the molecule is COc1nn(C2CCC2)cc1NC(=O)c1cnn2ccc(C3=CN(N4CCCN4)CC=N3)nc12. The lowest BCUT2D eigenvalue weighted by Gasteiger charge is -2.31. The summed E-state index contributed by atoms with van der Waals surface area (Å²) < 4.78 is 8.84. The van der Waals surface area contributed by atoms with Crippen molar-refractivity contribution in [3.63, 3.8) is 0 Å². The molecule has 0 radical (unpaired) electrons. The van der Waals surface area contributed by atoms with Gasteiger partial charge in [-0.1, -0.05) is 0 Å². The van der Waals surface area contributed by atoms with Crippen LogP contribution >= 0.6 is 0 Å². The third-order valence-corrected chi connectivity index (χ3v) is 6.39. The van der Waals surface area contributed by atoms with E-state index in [0.29, 0.717) is 41.1 Å². The molecule has 0 aromatic carbocycles. The van der Waals surface area contributed by atoms with E-state index in [2.05, 4.69) is 36.1 Å². The summed E-state index contributed by atoms with van der Waals surface area (Å²) in [6, 6.07) is 2.21. The number of fused-ring (bicyclic) bond motifs is 1. The van der Waals surface area contributed by atoms with Crippen LogP contribution < -0.4 is 15.5 Å². The summed E-state index contributed by atoms with van der Waals surface area (Å²) in [5, 5.41) is 15.8. The van der Waals surface area contributed by atoms with E-state index < -0.39 is 0 Å². The Bertz CT molecular complexity index is 1280. The minimum absolute atomic E-state index is 0.324. The minimum atomic E-state index is -0.324. The molecule has 2 fully saturated rings. The van der Waals surface area contributed by atoms with Crippen LogP contribution in [0.4, 0.5) is 5.69 Å². The standard InChI is InChI=1S/C22H26N10O2/c1-34-22-19(14-31(28-22)15-4-2-5-15)27-21(33)16-12-25-30-10-6-17(26-20(16)30)18-13-29(11-8-23-18)32-9-3-7-24-32/h6,8,10,12-15,24H,2-5,7,9,11H2,1H3,(H,27,33). The molecule has 3 aromatic rings. The van der Waals surface area contributed by atoms with Gasteiger partial charge in [-0.25, -0.2) is 14.9 Å². The Balaban J connectivity index is 1.27. The number of nitrogens with zero attached hydrogens (tertiary/aromatic N) is 8. The molecule has 0 atom stereocenters. The highest BCUT2D eigenvalue weighted by Gasteiger charge is 2.25. The van der Waals surface area contributed by atoms with Crippen molar-refractivity contribution in [2.24, 2.45) is 4.99 Å². The molecule has 0 spiro atoms. The number of rotatable bonds is 6. The number of anilines is 1. The number of carbonyl (C=O) groups excluding carboxylic acids is 1. The minimum Gasteiger partial charge on any atom is -0.478 e.